The second kappa shape index (κ2) is 15.2. The highest BCUT2D eigenvalue weighted by Crippen LogP contribution is 2.28. The number of nitrogens with one attached hydrogen (secondary N) is 3. The minimum Gasteiger partial charge on any atom is -0.367 e. The Morgan fingerprint density at radius 2 is 1.62 bits per heavy atom. The van der Waals surface area contributed by atoms with E-state index in [0.29, 0.717) is 18.5 Å². The number of aryl methyl sites for hydroxylation is 1. The molecule has 3 N–H and O–H groups in total. The summed E-state index contributed by atoms with van der Waals surface area (Å²) in [6, 6.07) is 8.64. The zero-order chi connectivity index (χ0) is 26.5. The van der Waals surface area contributed by atoms with E-state index in [9.17, 15) is 0 Å². The number of nitrogens with zero attached hydrogens (tertiary/aromatic N) is 5. The van der Waals surface area contributed by atoms with Crippen molar-refractivity contribution < 1.29 is 0 Å². The van der Waals surface area contributed by atoms with Gasteiger partial charge in [0.2, 0.25) is 5.95 Å². The summed E-state index contributed by atoms with van der Waals surface area (Å²) in [6.45, 7) is 3.58. The fraction of sp³-hybridized carbons (Fsp3) is 0.677. The number of piperidine rings is 1. The van der Waals surface area contributed by atoms with Crippen molar-refractivity contribution in [3.05, 3.63) is 36.2 Å². The standard InChI is InChI=1S/C31H48N8/c1(2-4-7-13-25-14-8-6-9-15-25)3-5-12-22-39-24-27(37-38-39)23-33-31-35-29-17-11-10-16-28(29)30(36-31)34-26-18-20-32-21-19-26/h10-11,16-17,24-26,32H,1-9,12-15,18-23H2,(H2,33,34,35,36). The third-order valence-corrected chi connectivity index (χ3v) is 8.52. The van der Waals surface area contributed by atoms with Crippen LogP contribution in [0, 0.1) is 5.92 Å². The quantitative estimate of drug-likeness (QED) is 0.188. The van der Waals surface area contributed by atoms with Gasteiger partial charge in [0.25, 0.3) is 0 Å². The van der Waals surface area contributed by atoms with Gasteiger partial charge in [-0.1, -0.05) is 94.4 Å². The number of hydrogen-bond donors (Lipinski definition) is 3. The van der Waals surface area contributed by atoms with Gasteiger partial charge in [-0.25, -0.2) is 4.98 Å². The van der Waals surface area contributed by atoms with Gasteiger partial charge in [0.05, 0.1) is 18.3 Å². The van der Waals surface area contributed by atoms with E-state index in [4.69, 9.17) is 9.97 Å². The number of unbranched alkanes of at least 4 members (excludes halogenated alkanes) is 6. The first-order valence-electron chi connectivity index (χ1n) is 15.7. The van der Waals surface area contributed by atoms with E-state index in [2.05, 4.69) is 32.3 Å². The van der Waals surface area contributed by atoms with E-state index in [-0.39, 0.29) is 0 Å². The van der Waals surface area contributed by atoms with Crippen molar-refractivity contribution in [3.63, 3.8) is 0 Å². The molecule has 5 rings (SSSR count). The number of rotatable bonds is 15. The summed E-state index contributed by atoms with van der Waals surface area (Å²) in [5.41, 5.74) is 1.86. The Labute approximate surface area is 234 Å². The topological polar surface area (TPSA) is 92.6 Å². The zero-order valence-electron chi connectivity index (χ0n) is 23.7. The maximum absolute atomic E-state index is 4.83. The largest absolute Gasteiger partial charge is 0.367 e. The predicted octanol–water partition coefficient (Wildman–Crippen LogP) is 6.70. The number of hydrogen-bond acceptors (Lipinski definition) is 7. The summed E-state index contributed by atoms with van der Waals surface area (Å²) in [4.78, 5) is 9.57. The summed E-state index contributed by atoms with van der Waals surface area (Å²) < 4.78 is 1.98. The molecule has 39 heavy (non-hydrogen) atoms. The molecule has 1 aliphatic carbocycles. The summed E-state index contributed by atoms with van der Waals surface area (Å²) in [7, 11) is 0. The van der Waals surface area contributed by atoms with Gasteiger partial charge in [-0.15, -0.1) is 5.10 Å². The molecule has 2 fully saturated rings. The average molecular weight is 533 g/mol. The minimum atomic E-state index is 0.434. The van der Waals surface area contributed by atoms with Gasteiger partial charge in [-0.05, 0) is 50.4 Å². The molecule has 2 aliphatic rings. The normalized spacial score (nSPS) is 17.0. The van der Waals surface area contributed by atoms with Gasteiger partial charge in [0.15, 0.2) is 0 Å². The van der Waals surface area contributed by atoms with Gasteiger partial charge in [-0.3, -0.25) is 4.68 Å². The van der Waals surface area contributed by atoms with Gasteiger partial charge < -0.3 is 16.0 Å². The molecule has 1 aliphatic heterocycles. The number of anilines is 2. The third-order valence-electron chi connectivity index (χ3n) is 8.52. The Morgan fingerprint density at radius 1 is 0.846 bits per heavy atom. The molecule has 0 radical (unpaired) electrons. The van der Waals surface area contributed by atoms with E-state index in [1.807, 2.05) is 29.1 Å². The molecule has 0 unspecified atom stereocenters. The lowest BCUT2D eigenvalue weighted by molar-refractivity contribution is 0.328. The molecule has 1 aromatic carbocycles. The van der Waals surface area contributed by atoms with E-state index < -0.39 is 0 Å². The van der Waals surface area contributed by atoms with Gasteiger partial charge in [-0.2, -0.15) is 4.98 Å². The molecule has 3 heterocycles. The summed E-state index contributed by atoms with van der Waals surface area (Å²) in [5.74, 6) is 2.57. The maximum atomic E-state index is 4.83. The van der Waals surface area contributed by atoms with Gasteiger partial charge in [0.1, 0.15) is 11.5 Å². The molecule has 0 amide bonds. The lowest BCUT2D eigenvalue weighted by Crippen LogP contribution is -2.35. The number of fused-ring (bicyclic) bond motifs is 1. The summed E-state index contributed by atoms with van der Waals surface area (Å²) in [5, 5.41) is 20.2. The Morgan fingerprint density at radius 3 is 2.46 bits per heavy atom. The second-order valence-electron chi connectivity index (χ2n) is 11.7. The molecule has 1 saturated carbocycles. The molecular weight excluding hydrogens is 484 g/mol. The number of benzene rings is 1. The van der Waals surface area contributed by atoms with Crippen LogP contribution in [-0.4, -0.2) is 44.1 Å². The van der Waals surface area contributed by atoms with E-state index in [1.165, 1.54) is 77.0 Å². The highest BCUT2D eigenvalue weighted by atomic mass is 15.4. The monoisotopic (exact) mass is 532 g/mol. The molecule has 8 nitrogen and oxygen atoms in total. The molecule has 3 aromatic rings. The lowest BCUT2D eigenvalue weighted by Gasteiger charge is -2.25. The van der Waals surface area contributed by atoms with Crippen LogP contribution in [0.5, 0.6) is 0 Å². The van der Waals surface area contributed by atoms with Gasteiger partial charge in [0, 0.05) is 18.0 Å². The van der Waals surface area contributed by atoms with Crippen LogP contribution in [0.2, 0.25) is 0 Å². The highest BCUT2D eigenvalue weighted by molar-refractivity contribution is 5.90. The van der Waals surface area contributed by atoms with E-state index in [0.717, 1.165) is 67.2 Å². The van der Waals surface area contributed by atoms with Crippen molar-refractivity contribution in [1.29, 1.82) is 0 Å². The predicted molar refractivity (Wildman–Crippen MR) is 160 cm³/mol. The van der Waals surface area contributed by atoms with Crippen LogP contribution >= 0.6 is 0 Å². The zero-order valence-corrected chi connectivity index (χ0v) is 23.7. The van der Waals surface area contributed by atoms with Crippen LogP contribution in [-0.2, 0) is 13.1 Å². The van der Waals surface area contributed by atoms with Crippen molar-refractivity contribution in [2.45, 2.75) is 115 Å². The first-order valence-corrected chi connectivity index (χ1v) is 15.7. The Bertz CT molecular complexity index is 1120. The molecule has 0 atom stereocenters. The van der Waals surface area contributed by atoms with Crippen LogP contribution in [0.25, 0.3) is 10.9 Å². The molecular formula is C31H48N8. The average Bonchev–Trinajstić information content (AvgIpc) is 3.44. The van der Waals surface area contributed by atoms with Crippen molar-refractivity contribution in [1.82, 2.24) is 30.3 Å². The lowest BCUT2D eigenvalue weighted by atomic mass is 9.85. The molecule has 0 bridgehead atoms. The van der Waals surface area contributed by atoms with Crippen LogP contribution in [0.4, 0.5) is 11.8 Å². The molecule has 0 spiro atoms. The highest BCUT2D eigenvalue weighted by Gasteiger charge is 2.16. The second-order valence-corrected chi connectivity index (χ2v) is 11.7. The maximum Gasteiger partial charge on any atom is 0.225 e. The SMILES string of the molecule is c1ccc2c(NC3CCNCC3)nc(NCc3cn(CCCCCCCCCC4CCCCC4)nn3)nc2c1. The Kier molecular flexibility index (Phi) is 10.8. The minimum absolute atomic E-state index is 0.434. The van der Waals surface area contributed by atoms with Crippen LogP contribution < -0.4 is 16.0 Å². The molecule has 8 heteroatoms. The van der Waals surface area contributed by atoms with Crippen molar-refractivity contribution >= 4 is 22.7 Å². The van der Waals surface area contributed by atoms with Crippen LogP contribution in [0.1, 0.15) is 102 Å². The van der Waals surface area contributed by atoms with Crippen molar-refractivity contribution in [2.75, 3.05) is 23.7 Å². The molecule has 2 aromatic heterocycles. The van der Waals surface area contributed by atoms with Crippen LogP contribution in [0.3, 0.4) is 0 Å². The third kappa shape index (κ3) is 8.88. The summed E-state index contributed by atoms with van der Waals surface area (Å²) in [6.07, 6.45) is 22.6. The number of para-hydroxylation sites is 1. The van der Waals surface area contributed by atoms with Crippen molar-refractivity contribution in [2.24, 2.45) is 5.92 Å². The summed E-state index contributed by atoms with van der Waals surface area (Å²) >= 11 is 0. The molecule has 212 valence electrons. The fourth-order valence-electron chi connectivity index (χ4n) is 6.19. The first kappa shape index (κ1) is 27.8. The number of aromatic nitrogens is 5. The van der Waals surface area contributed by atoms with E-state index in [1.54, 1.807) is 0 Å². The van der Waals surface area contributed by atoms with E-state index >= 15 is 0 Å². The Hall–Kier alpha value is -2.74. The first-order chi connectivity index (χ1) is 19.3. The molecule has 1 saturated heterocycles. The smallest absolute Gasteiger partial charge is 0.225 e. The van der Waals surface area contributed by atoms with Crippen molar-refractivity contribution in [3.8, 4) is 0 Å². The Balaban J connectivity index is 1.00. The van der Waals surface area contributed by atoms with Crippen LogP contribution in [0.15, 0.2) is 30.5 Å². The fourth-order valence-corrected chi connectivity index (χ4v) is 6.19. The van der Waals surface area contributed by atoms with Gasteiger partial charge >= 0.3 is 0 Å².